The third-order valence-electron chi connectivity index (χ3n) is 12.0. The van der Waals surface area contributed by atoms with Gasteiger partial charge in [-0.05, 0) is 73.2 Å². The number of anilines is 3. The molecule has 13 heteroatoms. The summed E-state index contributed by atoms with van der Waals surface area (Å²) < 4.78 is 19.5. The zero-order chi connectivity index (χ0) is 38.9. The average molecular weight is 766 g/mol. The molecule has 1 N–H and O–H groups in total. The molecule has 4 atom stereocenters. The first-order chi connectivity index (χ1) is 26.5. The Morgan fingerprint density at radius 3 is 2.53 bits per heavy atom. The van der Waals surface area contributed by atoms with E-state index in [2.05, 4.69) is 48.5 Å². The Hall–Kier alpha value is -4.85. The molecule has 2 amide bonds. The minimum Gasteiger partial charge on any atom is -0.497 e. The van der Waals surface area contributed by atoms with Crippen LogP contribution in [0.25, 0.3) is 0 Å². The van der Waals surface area contributed by atoms with Crippen molar-refractivity contribution in [3.8, 4) is 5.75 Å². The van der Waals surface area contributed by atoms with E-state index in [1.54, 1.807) is 16.7 Å². The van der Waals surface area contributed by atoms with Gasteiger partial charge >= 0.3 is 5.97 Å². The third kappa shape index (κ3) is 6.98. The molecule has 3 aromatic carbocycles. The number of carbonyl (C=O) groups is 3. The smallest absolute Gasteiger partial charge is 0.305 e. The molecule has 290 valence electrons. The number of esters is 1. The minimum absolute atomic E-state index is 0.00148. The van der Waals surface area contributed by atoms with Crippen LogP contribution in [0, 0.1) is 5.92 Å². The summed E-state index contributed by atoms with van der Waals surface area (Å²) in [7, 11) is 0.627. The quantitative estimate of drug-likeness (QED) is 0.101. The van der Waals surface area contributed by atoms with Crippen LogP contribution >= 0.6 is 0 Å². The standard InChI is InChI=1S/C42H51N5O7Si/c1-28-40(55(4,5)33-17-15-32(52-2)16-18-33)37(21-24-45-27-30(22-25-48)43-44-45)54-42(28)34-26-31(47-35-11-7-6-10-29(35)13-20-38(47)49)14-19-36(34)46(41(42)51)23-9-8-12-39(50)53-3/h6-7,10-11,14-19,26-28,37,40,48H,8-9,12-13,20-25H2,1-5H3/t28-,37+,40-,42+/m1/s1. The number of aromatic nitrogens is 3. The van der Waals surface area contributed by atoms with E-state index in [-0.39, 0.29) is 48.4 Å². The van der Waals surface area contributed by atoms with Crippen molar-refractivity contribution in [3.63, 3.8) is 0 Å². The first kappa shape index (κ1) is 38.4. The van der Waals surface area contributed by atoms with Crippen LogP contribution in [0.5, 0.6) is 5.75 Å². The van der Waals surface area contributed by atoms with E-state index in [9.17, 15) is 14.7 Å². The summed E-state index contributed by atoms with van der Waals surface area (Å²) in [6.07, 6.45) is 5.08. The maximum Gasteiger partial charge on any atom is 0.305 e. The number of carbonyl (C=O) groups excluding carboxylic acids is 3. The van der Waals surface area contributed by atoms with E-state index >= 15 is 4.79 Å². The van der Waals surface area contributed by atoms with Gasteiger partial charge in [0.2, 0.25) is 5.91 Å². The molecular formula is C42H51N5O7Si. The molecule has 0 radical (unpaired) electrons. The van der Waals surface area contributed by atoms with Gasteiger partial charge in [-0.25, -0.2) is 0 Å². The van der Waals surface area contributed by atoms with Crippen molar-refractivity contribution in [1.29, 1.82) is 0 Å². The minimum atomic E-state index is -2.42. The molecule has 4 heterocycles. The number of ether oxygens (including phenoxy) is 3. The molecule has 3 aliphatic heterocycles. The lowest BCUT2D eigenvalue weighted by molar-refractivity contribution is -0.146. The van der Waals surface area contributed by atoms with Crippen LogP contribution in [-0.2, 0) is 48.8 Å². The summed E-state index contributed by atoms with van der Waals surface area (Å²) in [5, 5.41) is 19.3. The van der Waals surface area contributed by atoms with Gasteiger partial charge in [0, 0.05) is 62.3 Å². The second kappa shape index (κ2) is 15.7. The van der Waals surface area contributed by atoms with Gasteiger partial charge in [-0.1, -0.05) is 60.7 Å². The number of para-hydroxylation sites is 1. The molecule has 4 aromatic rings. The third-order valence-corrected chi connectivity index (χ3v) is 16.4. The predicted octanol–water partition coefficient (Wildman–Crippen LogP) is 5.43. The number of amides is 2. The van der Waals surface area contributed by atoms with Crippen molar-refractivity contribution in [3.05, 3.63) is 89.7 Å². The van der Waals surface area contributed by atoms with E-state index < -0.39 is 13.7 Å². The average Bonchev–Trinajstić information content (AvgIpc) is 3.84. The van der Waals surface area contributed by atoms with Crippen LogP contribution in [0.15, 0.2) is 72.9 Å². The van der Waals surface area contributed by atoms with E-state index in [4.69, 9.17) is 14.2 Å². The highest BCUT2D eigenvalue weighted by Crippen LogP contribution is 2.60. The van der Waals surface area contributed by atoms with Crippen LogP contribution in [0.1, 0.15) is 55.8 Å². The number of nitrogens with zero attached hydrogens (tertiary/aromatic N) is 5. The fourth-order valence-corrected chi connectivity index (χ4v) is 13.3. The van der Waals surface area contributed by atoms with E-state index in [0.29, 0.717) is 63.0 Å². The van der Waals surface area contributed by atoms with Crippen molar-refractivity contribution < 1.29 is 33.7 Å². The highest BCUT2D eigenvalue weighted by molar-refractivity contribution is 6.91. The zero-order valence-corrected chi connectivity index (χ0v) is 33.4. The second-order valence-corrected chi connectivity index (χ2v) is 20.1. The van der Waals surface area contributed by atoms with Gasteiger partial charge in [0.05, 0.1) is 45.5 Å². The lowest BCUT2D eigenvalue weighted by Gasteiger charge is -2.37. The Labute approximate surface area is 323 Å². The van der Waals surface area contributed by atoms with Gasteiger partial charge in [0.25, 0.3) is 5.91 Å². The number of hydrogen-bond donors (Lipinski definition) is 1. The number of unbranched alkanes of at least 4 members (excludes halogenated alkanes) is 1. The SMILES string of the molecule is COC(=O)CCCCN1C(=O)[C@@]2(O[C@@H](CCn3cc(CCO)nn3)[C@H]([Si](C)(C)c3ccc(OC)cc3)[C@H]2C)c2cc(N3C(=O)CCc4ccccc43)ccc21. The van der Waals surface area contributed by atoms with Crippen LogP contribution in [-0.4, -0.2) is 79.4 Å². The fourth-order valence-electron chi connectivity index (χ4n) is 9.22. The number of hydrogen-bond acceptors (Lipinski definition) is 9. The summed E-state index contributed by atoms with van der Waals surface area (Å²) in [6.45, 7) is 7.79. The highest BCUT2D eigenvalue weighted by atomic mass is 28.3. The van der Waals surface area contributed by atoms with Gasteiger partial charge in [-0.15, -0.1) is 5.10 Å². The summed E-state index contributed by atoms with van der Waals surface area (Å²) in [5.74, 6) is 0.155. The van der Waals surface area contributed by atoms with E-state index in [0.717, 1.165) is 28.3 Å². The number of aliphatic hydroxyl groups excluding tert-OH is 1. The maximum atomic E-state index is 15.3. The summed E-state index contributed by atoms with van der Waals surface area (Å²) in [5.41, 5.74) is 3.60. The summed E-state index contributed by atoms with van der Waals surface area (Å²) in [6, 6.07) is 22.2. The molecule has 1 aromatic heterocycles. The Morgan fingerprint density at radius 1 is 1.00 bits per heavy atom. The molecule has 12 nitrogen and oxygen atoms in total. The highest BCUT2D eigenvalue weighted by Gasteiger charge is 2.66. The van der Waals surface area contributed by atoms with Crippen LogP contribution in [0.4, 0.5) is 17.1 Å². The van der Waals surface area contributed by atoms with Crippen LogP contribution in [0.3, 0.4) is 0 Å². The second-order valence-electron chi connectivity index (χ2n) is 15.4. The van der Waals surface area contributed by atoms with E-state index in [1.807, 2.05) is 59.6 Å². The van der Waals surface area contributed by atoms with E-state index in [1.165, 1.54) is 12.3 Å². The zero-order valence-electron chi connectivity index (χ0n) is 32.4. The topological polar surface area (TPSA) is 136 Å². The molecular weight excluding hydrogens is 715 g/mol. The normalized spacial score (nSPS) is 22.0. The summed E-state index contributed by atoms with van der Waals surface area (Å²) in [4.78, 5) is 44.5. The number of aryl methyl sites for hydroxylation is 2. The van der Waals surface area contributed by atoms with Gasteiger partial charge in [0.15, 0.2) is 5.60 Å². The van der Waals surface area contributed by atoms with Crippen molar-refractivity contribution in [2.24, 2.45) is 5.92 Å². The molecule has 0 bridgehead atoms. The number of benzene rings is 3. The van der Waals surface area contributed by atoms with Crippen LogP contribution < -0.4 is 19.7 Å². The maximum absolute atomic E-state index is 15.3. The molecule has 0 aliphatic carbocycles. The Morgan fingerprint density at radius 2 is 1.78 bits per heavy atom. The lowest BCUT2D eigenvalue weighted by atomic mass is 9.82. The van der Waals surface area contributed by atoms with Crippen molar-refractivity contribution in [2.45, 2.75) is 88.8 Å². The number of fused-ring (bicyclic) bond motifs is 3. The number of aliphatic hydroxyl groups is 1. The Balaban J connectivity index is 1.32. The molecule has 1 fully saturated rings. The van der Waals surface area contributed by atoms with Gasteiger partial charge in [0.1, 0.15) is 5.75 Å². The first-order valence-electron chi connectivity index (χ1n) is 19.3. The Bertz CT molecular complexity index is 2050. The monoisotopic (exact) mass is 765 g/mol. The van der Waals surface area contributed by atoms with Gasteiger partial charge in [-0.3, -0.25) is 24.0 Å². The van der Waals surface area contributed by atoms with Crippen LogP contribution in [0.2, 0.25) is 18.6 Å². The fraction of sp³-hybridized carbons (Fsp3) is 0.452. The summed E-state index contributed by atoms with van der Waals surface area (Å²) >= 11 is 0. The molecule has 3 aliphatic rings. The van der Waals surface area contributed by atoms with Crippen molar-refractivity contribution >= 4 is 48.1 Å². The largest absolute Gasteiger partial charge is 0.497 e. The lowest BCUT2D eigenvalue weighted by Crippen LogP contribution is -2.52. The van der Waals surface area contributed by atoms with Crippen molar-refractivity contribution in [2.75, 3.05) is 37.2 Å². The molecule has 0 unspecified atom stereocenters. The molecule has 0 saturated carbocycles. The van der Waals surface area contributed by atoms with Gasteiger partial charge in [-0.2, -0.15) is 0 Å². The molecule has 55 heavy (non-hydrogen) atoms. The number of methoxy groups -OCH3 is 2. The predicted molar refractivity (Wildman–Crippen MR) is 212 cm³/mol. The molecule has 7 rings (SSSR count). The van der Waals surface area contributed by atoms with Gasteiger partial charge < -0.3 is 24.2 Å². The van der Waals surface area contributed by atoms with Crippen molar-refractivity contribution in [1.82, 2.24) is 15.0 Å². The first-order valence-corrected chi connectivity index (χ1v) is 22.4. The Kier molecular flexibility index (Phi) is 11.0. The molecule has 1 spiro atoms. The molecule has 1 saturated heterocycles. The number of rotatable bonds is 14.